The quantitative estimate of drug-likeness (QED) is 0.452. The van der Waals surface area contributed by atoms with Crippen LogP contribution in [0.3, 0.4) is 0 Å². The zero-order chi connectivity index (χ0) is 23.1. The summed E-state index contributed by atoms with van der Waals surface area (Å²) in [5.74, 6) is -0.367. The summed E-state index contributed by atoms with van der Waals surface area (Å²) >= 11 is 6.15. The molecule has 5 nitrogen and oxygen atoms in total. The van der Waals surface area contributed by atoms with Crippen molar-refractivity contribution < 1.29 is 13.2 Å². The molecule has 3 aromatic rings. The number of anilines is 1. The van der Waals surface area contributed by atoms with Crippen LogP contribution in [0.5, 0.6) is 0 Å². The van der Waals surface area contributed by atoms with Gasteiger partial charge >= 0.3 is 0 Å². The molecule has 0 aliphatic rings. The van der Waals surface area contributed by atoms with Crippen LogP contribution in [-0.2, 0) is 21.2 Å². The molecule has 0 unspecified atom stereocenters. The Morgan fingerprint density at radius 3 is 2.34 bits per heavy atom. The highest BCUT2D eigenvalue weighted by Gasteiger charge is 2.28. The Bertz CT molecular complexity index is 1160. The van der Waals surface area contributed by atoms with Crippen LogP contribution in [0.15, 0.2) is 77.7 Å². The van der Waals surface area contributed by atoms with Gasteiger partial charge in [0.05, 0.1) is 10.6 Å². The minimum Gasteiger partial charge on any atom is -0.355 e. The number of nitrogens with zero attached hydrogens (tertiary/aromatic N) is 1. The van der Waals surface area contributed by atoms with Crippen molar-refractivity contribution in [3.05, 3.63) is 94.5 Å². The van der Waals surface area contributed by atoms with E-state index in [4.69, 9.17) is 11.6 Å². The van der Waals surface area contributed by atoms with Crippen molar-refractivity contribution in [2.45, 2.75) is 31.6 Å². The molecule has 0 atom stereocenters. The number of carbonyl (C=O) groups is 1. The number of rotatable bonds is 9. The average molecular weight is 471 g/mol. The number of sulfonamides is 1. The predicted octanol–water partition coefficient (Wildman–Crippen LogP) is 4.90. The first-order valence-corrected chi connectivity index (χ1v) is 12.3. The summed E-state index contributed by atoms with van der Waals surface area (Å²) in [6.07, 6.45) is 1.59. The third kappa shape index (κ3) is 6.11. The molecule has 0 aromatic heterocycles. The Morgan fingerprint density at radius 2 is 1.66 bits per heavy atom. The summed E-state index contributed by atoms with van der Waals surface area (Å²) in [6, 6.07) is 21.6. The second kappa shape index (κ2) is 10.7. The van der Waals surface area contributed by atoms with E-state index in [2.05, 4.69) is 5.32 Å². The molecule has 3 aromatic carbocycles. The van der Waals surface area contributed by atoms with Gasteiger partial charge in [0.15, 0.2) is 0 Å². The molecule has 0 saturated heterocycles. The molecular formula is C25H27ClN2O3S. The number of nitrogens with one attached hydrogen (secondary N) is 1. The lowest BCUT2D eigenvalue weighted by molar-refractivity contribution is -0.119. The van der Waals surface area contributed by atoms with Gasteiger partial charge in [0, 0.05) is 11.6 Å². The Morgan fingerprint density at radius 1 is 0.969 bits per heavy atom. The average Bonchev–Trinajstić information content (AvgIpc) is 2.78. The molecular weight excluding hydrogens is 444 g/mol. The van der Waals surface area contributed by atoms with Gasteiger partial charge in [-0.25, -0.2) is 8.42 Å². The number of carbonyl (C=O) groups excluding carboxylic acids is 1. The molecule has 3 rings (SSSR count). The first kappa shape index (κ1) is 23.8. The van der Waals surface area contributed by atoms with Crippen LogP contribution in [0.1, 0.15) is 23.1 Å². The van der Waals surface area contributed by atoms with Gasteiger partial charge in [-0.15, -0.1) is 0 Å². The van der Waals surface area contributed by atoms with Crippen molar-refractivity contribution >= 4 is 33.2 Å². The maximum Gasteiger partial charge on any atom is 0.264 e. The van der Waals surface area contributed by atoms with E-state index in [-0.39, 0.29) is 17.3 Å². The summed E-state index contributed by atoms with van der Waals surface area (Å²) in [5.41, 5.74) is 3.24. The zero-order valence-electron chi connectivity index (χ0n) is 18.2. The van der Waals surface area contributed by atoms with Gasteiger partial charge in [-0.3, -0.25) is 9.10 Å². The molecule has 0 aliphatic carbocycles. The number of hydrogen-bond acceptors (Lipinski definition) is 3. The second-order valence-electron chi connectivity index (χ2n) is 7.69. The fourth-order valence-electron chi connectivity index (χ4n) is 3.34. The maximum absolute atomic E-state index is 13.5. The summed E-state index contributed by atoms with van der Waals surface area (Å²) in [5, 5.41) is 3.24. The number of halogens is 1. The molecule has 168 valence electrons. The van der Waals surface area contributed by atoms with Crippen molar-refractivity contribution in [3.8, 4) is 0 Å². The number of amides is 1. The van der Waals surface area contributed by atoms with E-state index < -0.39 is 10.0 Å². The van der Waals surface area contributed by atoms with Crippen LogP contribution < -0.4 is 9.62 Å². The highest BCUT2D eigenvalue weighted by Crippen LogP contribution is 2.29. The van der Waals surface area contributed by atoms with E-state index in [1.807, 2.05) is 37.3 Å². The van der Waals surface area contributed by atoms with Gasteiger partial charge in [-0.2, -0.15) is 0 Å². The third-order valence-electron chi connectivity index (χ3n) is 5.14. The molecule has 0 fully saturated rings. The molecule has 0 heterocycles. The highest BCUT2D eigenvalue weighted by atomic mass is 35.5. The topological polar surface area (TPSA) is 66.5 Å². The molecule has 0 radical (unpaired) electrons. The molecule has 7 heteroatoms. The highest BCUT2D eigenvalue weighted by molar-refractivity contribution is 7.92. The summed E-state index contributed by atoms with van der Waals surface area (Å²) in [7, 11) is -3.96. The van der Waals surface area contributed by atoms with Crippen molar-refractivity contribution in [2.75, 3.05) is 17.4 Å². The van der Waals surface area contributed by atoms with E-state index >= 15 is 0 Å². The van der Waals surface area contributed by atoms with Crippen LogP contribution in [0, 0.1) is 13.8 Å². The molecule has 1 amide bonds. The Balaban J connectivity index is 1.77. The minimum absolute atomic E-state index is 0.124. The molecule has 1 N–H and O–H groups in total. The van der Waals surface area contributed by atoms with Crippen LogP contribution >= 0.6 is 11.6 Å². The molecule has 0 spiro atoms. The van der Waals surface area contributed by atoms with Crippen molar-refractivity contribution in [2.24, 2.45) is 0 Å². The number of hydrogen-bond donors (Lipinski definition) is 1. The summed E-state index contributed by atoms with van der Waals surface area (Å²) < 4.78 is 28.1. The molecule has 0 aliphatic heterocycles. The molecule has 0 saturated carbocycles. The first-order valence-electron chi connectivity index (χ1n) is 10.4. The minimum atomic E-state index is -3.96. The Kier molecular flexibility index (Phi) is 7.94. The summed E-state index contributed by atoms with van der Waals surface area (Å²) in [6.45, 7) is 3.81. The lowest BCUT2D eigenvalue weighted by atomic mass is 10.1. The third-order valence-corrected chi connectivity index (χ3v) is 7.15. The molecule has 32 heavy (non-hydrogen) atoms. The van der Waals surface area contributed by atoms with Crippen molar-refractivity contribution in [1.29, 1.82) is 0 Å². The first-order chi connectivity index (χ1) is 15.3. The Labute approximate surface area is 195 Å². The van der Waals surface area contributed by atoms with Crippen LogP contribution in [0.25, 0.3) is 0 Å². The monoisotopic (exact) mass is 470 g/mol. The number of benzene rings is 3. The lowest BCUT2D eigenvalue weighted by Crippen LogP contribution is -2.41. The maximum atomic E-state index is 13.5. The van der Waals surface area contributed by atoms with Crippen molar-refractivity contribution in [3.63, 3.8) is 0 Å². The van der Waals surface area contributed by atoms with Gasteiger partial charge in [-0.1, -0.05) is 65.7 Å². The largest absolute Gasteiger partial charge is 0.355 e. The van der Waals surface area contributed by atoms with Gasteiger partial charge in [0.25, 0.3) is 10.0 Å². The van der Waals surface area contributed by atoms with Crippen molar-refractivity contribution in [1.82, 2.24) is 5.32 Å². The van der Waals surface area contributed by atoms with Gasteiger partial charge in [0.1, 0.15) is 6.54 Å². The smallest absolute Gasteiger partial charge is 0.264 e. The standard InChI is InChI=1S/C25H27ClN2O3S/c1-19-10-14-23(15-11-19)32(30,31)28(24-17-22(26)13-12-20(24)2)18-25(29)27-16-6-9-21-7-4-3-5-8-21/h3-5,7-8,10-15,17H,6,9,16,18H2,1-2H3,(H,27,29). The second-order valence-corrected chi connectivity index (χ2v) is 9.99. The number of aryl methyl sites for hydroxylation is 3. The van der Waals surface area contributed by atoms with Gasteiger partial charge < -0.3 is 5.32 Å². The van der Waals surface area contributed by atoms with E-state index in [0.717, 1.165) is 22.7 Å². The van der Waals surface area contributed by atoms with Crippen LogP contribution in [-0.4, -0.2) is 27.4 Å². The van der Waals surface area contributed by atoms with E-state index in [1.165, 1.54) is 5.56 Å². The normalized spacial score (nSPS) is 11.2. The van der Waals surface area contributed by atoms with Crippen LogP contribution in [0.2, 0.25) is 5.02 Å². The summed E-state index contributed by atoms with van der Waals surface area (Å²) in [4.78, 5) is 12.8. The predicted molar refractivity (Wildman–Crippen MR) is 130 cm³/mol. The fourth-order valence-corrected chi connectivity index (χ4v) is 4.98. The lowest BCUT2D eigenvalue weighted by Gasteiger charge is -2.26. The molecule has 0 bridgehead atoms. The Hall–Kier alpha value is -2.83. The van der Waals surface area contributed by atoms with E-state index in [1.54, 1.807) is 49.4 Å². The zero-order valence-corrected chi connectivity index (χ0v) is 19.8. The fraction of sp³-hybridized carbons (Fsp3) is 0.240. The van der Waals surface area contributed by atoms with Gasteiger partial charge in [-0.05, 0) is 62.1 Å². The van der Waals surface area contributed by atoms with Gasteiger partial charge in [0.2, 0.25) is 5.91 Å². The SMILES string of the molecule is Cc1ccc(S(=O)(=O)N(CC(=O)NCCCc2ccccc2)c2cc(Cl)ccc2C)cc1. The van der Waals surface area contributed by atoms with E-state index in [9.17, 15) is 13.2 Å². The van der Waals surface area contributed by atoms with E-state index in [0.29, 0.717) is 22.8 Å². The van der Waals surface area contributed by atoms with Crippen LogP contribution in [0.4, 0.5) is 5.69 Å².